The minimum absolute atomic E-state index is 0.0209. The number of halogens is 3. The van der Waals surface area contributed by atoms with Crippen LogP contribution in [0.25, 0.3) is 0 Å². The third kappa shape index (κ3) is 3.57. The van der Waals surface area contributed by atoms with Gasteiger partial charge in [0.1, 0.15) is 5.75 Å². The molecule has 0 atom stereocenters. The van der Waals surface area contributed by atoms with E-state index in [1.807, 2.05) is 0 Å². The molecule has 0 saturated carbocycles. The van der Waals surface area contributed by atoms with Gasteiger partial charge >= 0.3 is 12.0 Å². The van der Waals surface area contributed by atoms with Crippen LogP contribution in [-0.4, -0.2) is 12.0 Å². The van der Waals surface area contributed by atoms with E-state index in [2.05, 4.69) is 10.1 Å². The zero-order chi connectivity index (χ0) is 10.6. The van der Waals surface area contributed by atoms with Crippen molar-refractivity contribution in [3.05, 3.63) is 24.3 Å². The first-order valence-corrected chi connectivity index (χ1v) is 3.97. The average molecular weight is 222 g/mol. The number of amides is 1. The Kier molecular flexibility index (Phi) is 3.64. The van der Waals surface area contributed by atoms with Crippen LogP contribution in [0.1, 0.15) is 0 Å². The molecule has 14 heavy (non-hydrogen) atoms. The van der Waals surface area contributed by atoms with Gasteiger partial charge in [-0.05, 0) is 35.9 Å². The minimum Gasteiger partial charge on any atom is -0.435 e. The van der Waals surface area contributed by atoms with Crippen LogP contribution in [0.15, 0.2) is 24.3 Å². The van der Waals surface area contributed by atoms with E-state index in [1.54, 1.807) is 0 Å². The van der Waals surface area contributed by atoms with Gasteiger partial charge in [-0.25, -0.2) is 0 Å². The number of rotatable bonds is 3. The van der Waals surface area contributed by atoms with E-state index >= 15 is 0 Å². The molecule has 0 aliphatic rings. The third-order valence-corrected chi connectivity index (χ3v) is 1.42. The molecular weight excluding hydrogens is 216 g/mol. The second-order valence-electron chi connectivity index (χ2n) is 2.30. The molecule has 0 spiro atoms. The van der Waals surface area contributed by atoms with Crippen LogP contribution in [0.5, 0.6) is 5.75 Å². The van der Waals surface area contributed by atoms with Gasteiger partial charge in [0.2, 0.25) is 0 Å². The molecule has 76 valence electrons. The number of alkyl halides is 2. The number of nitrogens with one attached hydrogen (secondary N) is 1. The SMILES string of the molecule is O=C(Cl)Nc1ccc(OC(F)F)cc1. The first-order valence-electron chi connectivity index (χ1n) is 3.59. The molecule has 1 aromatic carbocycles. The highest BCUT2D eigenvalue weighted by molar-refractivity contribution is 6.65. The maximum Gasteiger partial charge on any atom is 0.387 e. The van der Waals surface area contributed by atoms with Crippen molar-refractivity contribution < 1.29 is 18.3 Å². The minimum atomic E-state index is -2.86. The zero-order valence-electron chi connectivity index (χ0n) is 6.84. The van der Waals surface area contributed by atoms with E-state index in [1.165, 1.54) is 24.3 Å². The molecular formula is C8H6ClF2NO2. The highest BCUT2D eigenvalue weighted by atomic mass is 35.5. The number of hydrogen-bond donors (Lipinski definition) is 1. The number of anilines is 1. The quantitative estimate of drug-likeness (QED) is 0.629. The van der Waals surface area contributed by atoms with Crippen LogP contribution in [0.3, 0.4) is 0 Å². The predicted octanol–water partition coefficient (Wildman–Crippen LogP) is 3.06. The second-order valence-corrected chi connectivity index (χ2v) is 2.64. The van der Waals surface area contributed by atoms with Gasteiger partial charge in [0.25, 0.3) is 0 Å². The number of carbonyl (C=O) groups excluding carboxylic acids is 1. The molecule has 0 radical (unpaired) electrons. The summed E-state index contributed by atoms with van der Waals surface area (Å²) in [4.78, 5) is 10.4. The van der Waals surface area contributed by atoms with Crippen molar-refractivity contribution >= 4 is 22.7 Å². The van der Waals surface area contributed by atoms with E-state index in [0.29, 0.717) is 5.69 Å². The Labute approximate surface area is 83.6 Å². The zero-order valence-corrected chi connectivity index (χ0v) is 7.59. The maximum absolute atomic E-state index is 11.7. The van der Waals surface area contributed by atoms with Crippen molar-refractivity contribution in [3.8, 4) is 5.75 Å². The molecule has 0 heterocycles. The first kappa shape index (κ1) is 10.7. The largest absolute Gasteiger partial charge is 0.435 e. The van der Waals surface area contributed by atoms with E-state index in [0.717, 1.165) is 0 Å². The van der Waals surface area contributed by atoms with Gasteiger partial charge in [-0.3, -0.25) is 4.79 Å². The summed E-state index contributed by atoms with van der Waals surface area (Å²) in [5.74, 6) is 0.0209. The highest BCUT2D eigenvalue weighted by Crippen LogP contribution is 2.17. The fourth-order valence-electron chi connectivity index (χ4n) is 0.833. The van der Waals surface area contributed by atoms with Gasteiger partial charge < -0.3 is 10.1 Å². The van der Waals surface area contributed by atoms with Gasteiger partial charge in [-0.1, -0.05) is 0 Å². The Morgan fingerprint density at radius 3 is 2.36 bits per heavy atom. The summed E-state index contributed by atoms with van der Waals surface area (Å²) in [6, 6.07) is 5.40. The molecule has 1 N–H and O–H groups in total. The summed E-state index contributed by atoms with van der Waals surface area (Å²) in [5.41, 5.74) is 0.409. The third-order valence-electron chi connectivity index (χ3n) is 1.32. The van der Waals surface area contributed by atoms with Gasteiger partial charge in [-0.15, -0.1) is 0 Å². The molecule has 1 aromatic rings. The van der Waals surface area contributed by atoms with Crippen LogP contribution in [0.2, 0.25) is 0 Å². The second kappa shape index (κ2) is 4.76. The van der Waals surface area contributed by atoms with Crippen LogP contribution >= 0.6 is 11.6 Å². The molecule has 0 unspecified atom stereocenters. The van der Waals surface area contributed by atoms with Crippen molar-refractivity contribution in [3.63, 3.8) is 0 Å². The summed E-state index contributed by atoms with van der Waals surface area (Å²) in [6.45, 7) is -2.86. The summed E-state index contributed by atoms with van der Waals surface area (Å²) < 4.78 is 27.5. The molecule has 6 heteroatoms. The molecule has 1 amide bonds. The molecule has 0 saturated heterocycles. The number of hydrogen-bond acceptors (Lipinski definition) is 2. The molecule has 0 aliphatic heterocycles. The van der Waals surface area contributed by atoms with Crippen LogP contribution in [0, 0.1) is 0 Å². The predicted molar refractivity (Wildman–Crippen MR) is 47.9 cm³/mol. The lowest BCUT2D eigenvalue weighted by molar-refractivity contribution is -0.0498. The average Bonchev–Trinajstić information content (AvgIpc) is 2.06. The Hall–Kier alpha value is -1.36. The van der Waals surface area contributed by atoms with Crippen LogP contribution < -0.4 is 10.1 Å². The van der Waals surface area contributed by atoms with Gasteiger partial charge in [-0.2, -0.15) is 8.78 Å². The van der Waals surface area contributed by atoms with Gasteiger partial charge in [0, 0.05) is 5.69 Å². The van der Waals surface area contributed by atoms with Crippen LogP contribution in [-0.2, 0) is 0 Å². The standard InChI is InChI=1S/C8H6ClF2NO2/c9-7(13)12-5-1-3-6(4-2-5)14-8(10)11/h1-4,8H,(H,12,13). The first-order chi connectivity index (χ1) is 6.58. The normalized spacial score (nSPS) is 10.0. The smallest absolute Gasteiger partial charge is 0.387 e. The molecule has 0 bridgehead atoms. The lowest BCUT2D eigenvalue weighted by atomic mass is 10.3. The molecule has 0 aliphatic carbocycles. The lowest BCUT2D eigenvalue weighted by Gasteiger charge is -2.05. The van der Waals surface area contributed by atoms with Gasteiger partial charge in [0.05, 0.1) is 0 Å². The maximum atomic E-state index is 11.7. The van der Waals surface area contributed by atoms with E-state index in [9.17, 15) is 13.6 Å². The number of carbonyl (C=O) groups is 1. The molecule has 3 nitrogen and oxygen atoms in total. The molecule has 0 aromatic heterocycles. The number of ether oxygens (including phenoxy) is 1. The Balaban J connectivity index is 2.63. The Morgan fingerprint density at radius 2 is 1.93 bits per heavy atom. The van der Waals surface area contributed by atoms with E-state index < -0.39 is 12.0 Å². The van der Waals surface area contributed by atoms with Crippen LogP contribution in [0.4, 0.5) is 19.3 Å². The summed E-state index contributed by atoms with van der Waals surface area (Å²) >= 11 is 5.04. The summed E-state index contributed by atoms with van der Waals surface area (Å²) in [5, 5.41) is 1.53. The number of benzene rings is 1. The highest BCUT2D eigenvalue weighted by Gasteiger charge is 2.03. The van der Waals surface area contributed by atoms with Crippen molar-refractivity contribution in [2.45, 2.75) is 6.61 Å². The Morgan fingerprint density at radius 1 is 1.36 bits per heavy atom. The van der Waals surface area contributed by atoms with Crippen molar-refractivity contribution in [1.82, 2.24) is 0 Å². The van der Waals surface area contributed by atoms with Crippen molar-refractivity contribution in [2.75, 3.05) is 5.32 Å². The fourth-order valence-corrected chi connectivity index (χ4v) is 0.942. The Bertz CT molecular complexity index is 316. The van der Waals surface area contributed by atoms with Gasteiger partial charge in [0.15, 0.2) is 0 Å². The molecule has 0 fully saturated rings. The summed E-state index contributed by atoms with van der Waals surface area (Å²) in [6.07, 6.45) is 0. The van der Waals surface area contributed by atoms with Crippen molar-refractivity contribution in [2.24, 2.45) is 0 Å². The monoisotopic (exact) mass is 221 g/mol. The molecule has 1 rings (SSSR count). The van der Waals surface area contributed by atoms with E-state index in [4.69, 9.17) is 11.6 Å². The topological polar surface area (TPSA) is 38.3 Å². The fraction of sp³-hybridized carbons (Fsp3) is 0.125. The summed E-state index contributed by atoms with van der Waals surface area (Å²) in [7, 11) is 0. The lowest BCUT2D eigenvalue weighted by Crippen LogP contribution is -2.03. The van der Waals surface area contributed by atoms with Crippen molar-refractivity contribution in [1.29, 1.82) is 0 Å². The van der Waals surface area contributed by atoms with E-state index in [-0.39, 0.29) is 5.75 Å².